The summed E-state index contributed by atoms with van der Waals surface area (Å²) in [5.41, 5.74) is -3.49. The molecule has 1 saturated heterocycles. The lowest BCUT2D eigenvalue weighted by Crippen LogP contribution is -2.72. The first-order valence-corrected chi connectivity index (χ1v) is 11.9. The highest BCUT2D eigenvalue weighted by Crippen LogP contribution is 2.61. The normalized spacial score (nSPS) is 23.1. The fraction of sp³-hybridized carbons (Fsp3) is 1.00. The van der Waals surface area contributed by atoms with Gasteiger partial charge in [-0.25, -0.2) is 17.6 Å². The lowest BCUT2D eigenvalue weighted by Gasteiger charge is -2.52. The molecule has 0 bridgehead atoms. The zero-order chi connectivity index (χ0) is 37.3. The van der Waals surface area contributed by atoms with Gasteiger partial charge in [-0.05, 0) is 26.7 Å². The van der Waals surface area contributed by atoms with Gasteiger partial charge in [0.15, 0.2) is 0 Å². The monoisotopic (exact) mass is 741 g/mol. The number of alkyl halides is 24. The van der Waals surface area contributed by atoms with Gasteiger partial charge in [-0.15, -0.1) is 0 Å². The van der Waals surface area contributed by atoms with E-state index in [0.717, 1.165) is 0 Å². The van der Waals surface area contributed by atoms with Gasteiger partial charge in [0.25, 0.3) is 0 Å². The van der Waals surface area contributed by atoms with Crippen LogP contribution in [0.2, 0.25) is 0 Å². The van der Waals surface area contributed by atoms with Crippen molar-refractivity contribution >= 4 is 0 Å². The molecule has 1 rings (SSSR count). The number of hydrogen-bond acceptors (Lipinski definition) is 1. The Hall–Kier alpha value is -1.72. The van der Waals surface area contributed by atoms with Crippen molar-refractivity contribution in [2.24, 2.45) is 0 Å². The Bertz CT molecular complexity index is 1070. The molecule has 1 nitrogen and oxygen atoms in total. The van der Waals surface area contributed by atoms with Crippen LogP contribution in [0.1, 0.15) is 39.5 Å². The van der Waals surface area contributed by atoms with Crippen molar-refractivity contribution < 1.29 is 105 Å². The highest BCUT2D eigenvalue weighted by molar-refractivity contribution is 5.13. The molecular formula is C21H19F24N. The van der Waals surface area contributed by atoms with Gasteiger partial charge >= 0.3 is 72.1 Å². The van der Waals surface area contributed by atoms with E-state index in [0.29, 0.717) is 6.92 Å². The van der Waals surface area contributed by atoms with Crippen LogP contribution in [0.5, 0.6) is 0 Å². The summed E-state index contributed by atoms with van der Waals surface area (Å²) in [5, 5.41) is 0. The van der Waals surface area contributed by atoms with E-state index < -0.39 is 121 Å². The van der Waals surface area contributed by atoms with Gasteiger partial charge < -0.3 is 0 Å². The summed E-state index contributed by atoms with van der Waals surface area (Å²) in [6.07, 6.45) is -17.7. The van der Waals surface area contributed by atoms with Crippen LogP contribution >= 0.6 is 0 Å². The predicted molar refractivity (Wildman–Crippen MR) is 105 cm³/mol. The number of likely N-dealkylation sites (tertiary alicyclic amines) is 1. The van der Waals surface area contributed by atoms with Crippen molar-refractivity contribution in [3.8, 4) is 0 Å². The molecular weight excluding hydrogens is 722 g/mol. The Balaban J connectivity index is 3.68. The van der Waals surface area contributed by atoms with Crippen LogP contribution in [0.25, 0.3) is 0 Å². The maximum atomic E-state index is 14.6. The molecule has 0 aromatic carbocycles. The average Bonchev–Trinajstić information content (AvgIpc) is 2.84. The van der Waals surface area contributed by atoms with Gasteiger partial charge in [0.1, 0.15) is 0 Å². The SMILES string of the molecule is CC1CCCC(C)(CC(F)(F)C(F)(F)C(F)(F)C(F)(F)C(F)(F)C(F)F)N1CC(F)(F)C(F)(F)C(F)(F)C(F)(F)C(F)(F)C(F)F. The number of rotatable bonds is 14. The summed E-state index contributed by atoms with van der Waals surface area (Å²) < 4.78 is 326. The Morgan fingerprint density at radius 2 is 0.870 bits per heavy atom. The number of halogens is 24. The zero-order valence-electron chi connectivity index (χ0n) is 22.3. The third-order valence-electron chi connectivity index (χ3n) is 7.42. The standard InChI is InChI=1S/C21H19F24N/c1-8-4-3-5-11(2,6-12(26,27)16(34,35)20(42,43)18(38,39)14(30,31)9(22)23)46(8)7-13(28,29)17(36,37)21(44,45)19(40,41)15(32,33)10(24)25/h8-10H,3-7H2,1-2H3. The molecule has 1 fully saturated rings. The molecule has 1 aliphatic rings. The van der Waals surface area contributed by atoms with E-state index in [2.05, 4.69) is 0 Å². The molecule has 0 aromatic rings. The van der Waals surface area contributed by atoms with Gasteiger partial charge in [-0.1, -0.05) is 6.42 Å². The quantitative estimate of drug-likeness (QED) is 0.160. The molecule has 0 radical (unpaired) electrons. The van der Waals surface area contributed by atoms with E-state index in [-0.39, 0.29) is 6.92 Å². The molecule has 0 spiro atoms. The smallest absolute Gasteiger partial charge is 0.289 e. The Morgan fingerprint density at radius 3 is 1.20 bits per heavy atom. The highest BCUT2D eigenvalue weighted by atomic mass is 19.4. The van der Waals surface area contributed by atoms with Gasteiger partial charge in [0.05, 0.1) is 6.54 Å². The summed E-state index contributed by atoms with van der Waals surface area (Å²) in [4.78, 5) is -0.641. The minimum Gasteiger partial charge on any atom is -0.289 e. The second kappa shape index (κ2) is 11.7. The molecule has 1 heterocycles. The molecule has 1 aliphatic heterocycles. The van der Waals surface area contributed by atoms with E-state index in [1.807, 2.05) is 0 Å². The number of nitrogens with zero attached hydrogens (tertiary/aromatic N) is 1. The summed E-state index contributed by atoms with van der Waals surface area (Å²) in [7, 11) is 0. The van der Waals surface area contributed by atoms with E-state index in [1.165, 1.54) is 0 Å². The van der Waals surface area contributed by atoms with E-state index in [9.17, 15) is 105 Å². The van der Waals surface area contributed by atoms with Crippen LogP contribution in [-0.4, -0.2) is 95.1 Å². The van der Waals surface area contributed by atoms with Crippen LogP contribution in [0, 0.1) is 0 Å². The maximum Gasteiger partial charge on any atom is 0.384 e. The zero-order valence-corrected chi connectivity index (χ0v) is 22.3. The molecule has 0 aliphatic carbocycles. The van der Waals surface area contributed by atoms with Gasteiger partial charge in [0, 0.05) is 18.0 Å². The molecule has 0 saturated carbocycles. The fourth-order valence-corrected chi connectivity index (χ4v) is 4.60. The van der Waals surface area contributed by atoms with E-state index in [4.69, 9.17) is 0 Å². The molecule has 0 N–H and O–H groups in total. The second-order valence-electron chi connectivity index (χ2n) is 10.7. The maximum absolute atomic E-state index is 14.6. The summed E-state index contributed by atoms with van der Waals surface area (Å²) in [6.45, 7) is -2.80. The van der Waals surface area contributed by atoms with Crippen molar-refractivity contribution in [2.75, 3.05) is 6.54 Å². The van der Waals surface area contributed by atoms with Crippen molar-refractivity contribution in [1.82, 2.24) is 4.90 Å². The topological polar surface area (TPSA) is 3.24 Å². The third kappa shape index (κ3) is 5.92. The van der Waals surface area contributed by atoms with Crippen LogP contribution in [0.15, 0.2) is 0 Å². The van der Waals surface area contributed by atoms with Crippen molar-refractivity contribution in [2.45, 2.75) is 123 Å². The van der Waals surface area contributed by atoms with E-state index in [1.54, 1.807) is 0 Å². The Labute approximate surface area is 241 Å². The van der Waals surface area contributed by atoms with E-state index >= 15 is 0 Å². The van der Waals surface area contributed by atoms with Crippen LogP contribution in [0.4, 0.5) is 105 Å². The molecule has 0 aromatic heterocycles. The molecule has 0 amide bonds. The Morgan fingerprint density at radius 1 is 0.543 bits per heavy atom. The van der Waals surface area contributed by atoms with Crippen molar-refractivity contribution in [3.63, 3.8) is 0 Å². The minimum absolute atomic E-state index is 0.00259. The summed E-state index contributed by atoms with van der Waals surface area (Å²) in [6, 6.07) is -2.05. The van der Waals surface area contributed by atoms with Gasteiger partial charge in [-0.2, -0.15) is 87.8 Å². The van der Waals surface area contributed by atoms with Gasteiger partial charge in [0.2, 0.25) is 0 Å². The van der Waals surface area contributed by atoms with Gasteiger partial charge in [-0.3, -0.25) is 4.90 Å². The highest BCUT2D eigenvalue weighted by Gasteiger charge is 2.89. The summed E-state index contributed by atoms with van der Waals surface area (Å²) >= 11 is 0. The van der Waals surface area contributed by atoms with Crippen molar-refractivity contribution in [1.29, 1.82) is 0 Å². The fourth-order valence-electron chi connectivity index (χ4n) is 4.60. The Kier molecular flexibility index (Phi) is 10.8. The first-order valence-electron chi connectivity index (χ1n) is 11.9. The molecule has 276 valence electrons. The van der Waals surface area contributed by atoms with Crippen LogP contribution < -0.4 is 0 Å². The lowest BCUT2D eigenvalue weighted by atomic mass is 9.77. The molecule has 25 heteroatoms. The number of piperidine rings is 1. The van der Waals surface area contributed by atoms with Crippen LogP contribution in [0.3, 0.4) is 0 Å². The first-order chi connectivity index (χ1) is 19.8. The third-order valence-corrected chi connectivity index (χ3v) is 7.42. The predicted octanol–water partition coefficient (Wildman–Crippen LogP) is 9.89. The average molecular weight is 741 g/mol. The second-order valence-corrected chi connectivity index (χ2v) is 10.7. The lowest BCUT2D eigenvalue weighted by molar-refractivity contribution is -0.417. The summed E-state index contributed by atoms with van der Waals surface area (Å²) in [5.74, 6) is -76.5. The largest absolute Gasteiger partial charge is 0.384 e. The van der Waals surface area contributed by atoms with Crippen molar-refractivity contribution in [3.05, 3.63) is 0 Å². The van der Waals surface area contributed by atoms with Crippen LogP contribution in [-0.2, 0) is 0 Å². The molecule has 46 heavy (non-hydrogen) atoms. The molecule has 2 unspecified atom stereocenters. The molecule has 2 atom stereocenters. The number of hydrogen-bond donors (Lipinski definition) is 0. The minimum atomic E-state index is -8.11. The first kappa shape index (κ1) is 42.3.